The van der Waals surface area contributed by atoms with Crippen molar-refractivity contribution in [2.24, 2.45) is 0 Å². The van der Waals surface area contributed by atoms with Gasteiger partial charge in [-0.2, -0.15) is 15.0 Å². The van der Waals surface area contributed by atoms with Gasteiger partial charge in [-0.05, 0) is 109 Å². The number of likely N-dealkylation sites (tertiary alicyclic amines) is 2. The lowest BCUT2D eigenvalue weighted by atomic mass is 9.77. The van der Waals surface area contributed by atoms with Gasteiger partial charge in [0.25, 0.3) is 5.95 Å². The molecule has 2 fully saturated rings. The molecule has 1 aromatic rings. The van der Waals surface area contributed by atoms with Crippen LogP contribution in [0.1, 0.15) is 107 Å². The van der Waals surface area contributed by atoms with Crippen LogP contribution in [0.2, 0.25) is 0 Å². The Labute approximate surface area is 227 Å². The third-order valence-corrected chi connectivity index (χ3v) is 9.42. The van der Waals surface area contributed by atoms with Gasteiger partial charge in [0.2, 0.25) is 5.95 Å². The first-order valence-corrected chi connectivity index (χ1v) is 14.3. The first-order chi connectivity index (χ1) is 16.9. The van der Waals surface area contributed by atoms with Gasteiger partial charge >= 0.3 is 0 Å². The van der Waals surface area contributed by atoms with Crippen molar-refractivity contribution < 1.29 is 4.84 Å². The number of aryl methyl sites for hydroxylation is 1. The van der Waals surface area contributed by atoms with Crippen molar-refractivity contribution in [3.8, 4) is 0 Å². The van der Waals surface area contributed by atoms with E-state index in [1.165, 1.54) is 0 Å². The molecule has 2 saturated heterocycles. The first-order valence-electron chi connectivity index (χ1n) is 14.3. The molecule has 0 spiro atoms. The maximum Gasteiger partial charge on any atom is 0.255 e. The van der Waals surface area contributed by atoms with E-state index in [1.807, 2.05) is 12.0 Å². The van der Waals surface area contributed by atoms with Crippen LogP contribution < -0.4 is 9.96 Å². The van der Waals surface area contributed by atoms with Gasteiger partial charge in [0.1, 0.15) is 5.82 Å². The Hall–Kier alpha value is -1.51. The molecule has 8 heteroatoms. The van der Waals surface area contributed by atoms with Crippen molar-refractivity contribution in [2.75, 3.05) is 37.7 Å². The number of unbranched alkanes of at least 4 members (excludes halogenated alkanes) is 1. The lowest BCUT2D eigenvalue weighted by molar-refractivity contribution is -0.0402. The van der Waals surface area contributed by atoms with E-state index in [-0.39, 0.29) is 28.2 Å². The Kier molecular flexibility index (Phi) is 8.58. The highest BCUT2D eigenvalue weighted by Crippen LogP contribution is 2.41. The Morgan fingerprint density at radius 3 is 1.65 bits per heavy atom. The van der Waals surface area contributed by atoms with E-state index in [2.05, 4.69) is 98.2 Å². The monoisotopic (exact) mass is 517 g/mol. The smallest absolute Gasteiger partial charge is 0.255 e. The van der Waals surface area contributed by atoms with E-state index in [1.54, 1.807) is 0 Å². The van der Waals surface area contributed by atoms with Crippen molar-refractivity contribution >= 4 is 11.9 Å². The number of hydrogen-bond donors (Lipinski definition) is 0. The van der Waals surface area contributed by atoms with Crippen molar-refractivity contribution in [3.63, 3.8) is 0 Å². The molecule has 0 atom stereocenters. The van der Waals surface area contributed by atoms with E-state index >= 15 is 0 Å². The van der Waals surface area contributed by atoms with Crippen LogP contribution in [0.4, 0.5) is 11.9 Å². The summed E-state index contributed by atoms with van der Waals surface area (Å²) in [7, 11) is 6.63. The van der Waals surface area contributed by atoms with Crippen LogP contribution in [-0.2, 0) is 4.84 Å². The standard InChI is InChI=1S/C29H55N7O/c1-14-15-16-37-36(23-19-28(7,8)35(13)29(9,10)20-23)25-31-21(2)30-24(32-25)33(11)22-17-26(3,4)34(12)27(5,6)18-22/h22-23H,14-20H2,1-13H3. The molecule has 3 rings (SSSR count). The average molecular weight is 518 g/mol. The Balaban J connectivity index is 1.96. The highest BCUT2D eigenvalue weighted by Gasteiger charge is 2.47. The van der Waals surface area contributed by atoms with Crippen LogP contribution in [0.5, 0.6) is 0 Å². The quantitative estimate of drug-likeness (QED) is 0.333. The lowest BCUT2D eigenvalue weighted by Gasteiger charge is -2.55. The number of hydroxylamine groups is 1. The van der Waals surface area contributed by atoms with Crippen LogP contribution in [0.3, 0.4) is 0 Å². The summed E-state index contributed by atoms with van der Waals surface area (Å²) in [4.78, 5) is 28.5. The van der Waals surface area contributed by atoms with Gasteiger partial charge in [0.15, 0.2) is 0 Å². The van der Waals surface area contributed by atoms with Gasteiger partial charge < -0.3 is 4.90 Å². The van der Waals surface area contributed by atoms with Crippen LogP contribution in [0.25, 0.3) is 0 Å². The maximum atomic E-state index is 6.48. The van der Waals surface area contributed by atoms with Gasteiger partial charge in [-0.3, -0.25) is 14.6 Å². The summed E-state index contributed by atoms with van der Waals surface area (Å²) in [5.74, 6) is 2.10. The molecule has 0 unspecified atom stereocenters. The van der Waals surface area contributed by atoms with Crippen molar-refractivity contribution in [1.82, 2.24) is 24.8 Å². The minimum Gasteiger partial charge on any atom is -0.341 e. The Morgan fingerprint density at radius 2 is 1.19 bits per heavy atom. The van der Waals surface area contributed by atoms with Gasteiger partial charge in [0.05, 0.1) is 12.6 Å². The van der Waals surface area contributed by atoms with Crippen LogP contribution >= 0.6 is 0 Å². The third-order valence-electron chi connectivity index (χ3n) is 9.42. The Morgan fingerprint density at radius 1 is 0.757 bits per heavy atom. The number of piperidine rings is 2. The second-order valence-electron chi connectivity index (χ2n) is 14.1. The third kappa shape index (κ3) is 6.39. The molecule has 8 nitrogen and oxygen atoms in total. The normalized spacial score (nSPS) is 24.2. The average Bonchev–Trinajstić information content (AvgIpc) is 2.76. The summed E-state index contributed by atoms with van der Waals surface area (Å²) in [5, 5.41) is 2.03. The molecule has 0 saturated carbocycles. The fourth-order valence-corrected chi connectivity index (χ4v) is 6.58. The molecule has 3 heterocycles. The van der Waals surface area contributed by atoms with Gasteiger partial charge in [-0.1, -0.05) is 13.3 Å². The van der Waals surface area contributed by atoms with Crippen LogP contribution in [-0.4, -0.2) is 86.7 Å². The van der Waals surface area contributed by atoms with Crippen LogP contribution in [0.15, 0.2) is 0 Å². The maximum absolute atomic E-state index is 6.48. The highest BCUT2D eigenvalue weighted by molar-refractivity contribution is 5.39. The predicted molar refractivity (Wildman–Crippen MR) is 154 cm³/mol. The van der Waals surface area contributed by atoms with Gasteiger partial charge in [-0.15, -0.1) is 0 Å². The van der Waals surface area contributed by atoms with Crippen molar-refractivity contribution in [2.45, 2.75) is 142 Å². The molecule has 1 aromatic heterocycles. The number of anilines is 2. The highest BCUT2D eigenvalue weighted by atomic mass is 16.7. The lowest BCUT2D eigenvalue weighted by Crippen LogP contribution is -2.63. The van der Waals surface area contributed by atoms with E-state index < -0.39 is 0 Å². The zero-order chi connectivity index (χ0) is 28.0. The first kappa shape index (κ1) is 30.0. The second kappa shape index (κ2) is 10.6. The topological polar surface area (TPSA) is 60.9 Å². The summed E-state index contributed by atoms with van der Waals surface area (Å²) < 4.78 is 0. The van der Waals surface area contributed by atoms with E-state index in [0.717, 1.165) is 50.3 Å². The minimum absolute atomic E-state index is 0.0335. The SMILES string of the molecule is CCCCON(c1nc(C)nc(N(C)C2CC(C)(C)N(C)C(C)(C)C2)n1)C1CC(C)(C)N(C)C(C)(C)C1. The fourth-order valence-electron chi connectivity index (χ4n) is 6.58. The zero-order valence-electron chi connectivity index (χ0n) is 26.1. The summed E-state index contributed by atoms with van der Waals surface area (Å²) in [6.45, 7) is 23.5. The molecule has 0 radical (unpaired) electrons. The van der Waals surface area contributed by atoms with Gasteiger partial charge in [0, 0.05) is 35.2 Å². The summed E-state index contributed by atoms with van der Waals surface area (Å²) in [6.07, 6.45) is 6.16. The summed E-state index contributed by atoms with van der Waals surface area (Å²) >= 11 is 0. The molecule has 212 valence electrons. The summed E-state index contributed by atoms with van der Waals surface area (Å²) in [6, 6.07) is 0.519. The number of hydrogen-bond acceptors (Lipinski definition) is 8. The molecule has 2 aliphatic heterocycles. The molecule has 2 aliphatic rings. The minimum atomic E-state index is 0.0335. The molecular formula is C29H55N7O. The van der Waals surface area contributed by atoms with E-state index in [4.69, 9.17) is 19.8 Å². The molecule has 0 aliphatic carbocycles. The zero-order valence-corrected chi connectivity index (χ0v) is 26.1. The second-order valence-corrected chi connectivity index (χ2v) is 14.1. The molecular weight excluding hydrogens is 462 g/mol. The van der Waals surface area contributed by atoms with Crippen LogP contribution in [0, 0.1) is 6.92 Å². The number of rotatable bonds is 8. The molecule has 0 amide bonds. The Bertz CT molecular complexity index is 893. The summed E-state index contributed by atoms with van der Waals surface area (Å²) in [5.41, 5.74) is 0.246. The number of aromatic nitrogens is 3. The molecule has 0 aromatic carbocycles. The van der Waals surface area contributed by atoms with Crippen molar-refractivity contribution in [3.05, 3.63) is 5.82 Å². The van der Waals surface area contributed by atoms with Crippen molar-refractivity contribution in [1.29, 1.82) is 0 Å². The number of nitrogens with zero attached hydrogens (tertiary/aromatic N) is 7. The molecule has 0 N–H and O–H groups in total. The van der Waals surface area contributed by atoms with Gasteiger partial charge in [-0.25, -0.2) is 5.06 Å². The van der Waals surface area contributed by atoms with E-state index in [9.17, 15) is 0 Å². The molecule has 0 bridgehead atoms. The van der Waals surface area contributed by atoms with E-state index in [0.29, 0.717) is 18.6 Å². The fraction of sp³-hybridized carbons (Fsp3) is 0.897. The largest absolute Gasteiger partial charge is 0.341 e. The molecule has 37 heavy (non-hydrogen) atoms. The predicted octanol–water partition coefficient (Wildman–Crippen LogP) is 5.46.